The number of hydrogen-bond donors (Lipinski definition) is 1. The molecule has 4 heteroatoms. The summed E-state index contributed by atoms with van der Waals surface area (Å²) in [5, 5.41) is 7.44. The van der Waals surface area contributed by atoms with Crippen LogP contribution in [0.1, 0.15) is 12.6 Å². The maximum absolute atomic E-state index is 4.11. The van der Waals surface area contributed by atoms with Crippen LogP contribution >= 0.6 is 0 Å². The van der Waals surface area contributed by atoms with Gasteiger partial charge in [0.25, 0.3) is 0 Å². The summed E-state index contributed by atoms with van der Waals surface area (Å²) in [6.07, 6.45) is 5.90. The van der Waals surface area contributed by atoms with Crippen LogP contribution in [0.4, 0.5) is 5.69 Å². The van der Waals surface area contributed by atoms with Gasteiger partial charge in [0.15, 0.2) is 0 Å². The van der Waals surface area contributed by atoms with Crippen molar-refractivity contribution in [1.82, 2.24) is 14.3 Å². The average Bonchev–Trinajstić information content (AvgIpc) is 2.83. The molecule has 0 unspecified atom stereocenters. The van der Waals surface area contributed by atoms with Crippen LogP contribution in [-0.4, -0.2) is 14.3 Å². The number of aromatic nitrogens is 3. The van der Waals surface area contributed by atoms with Crippen LogP contribution in [0.5, 0.6) is 0 Å². The Kier molecular flexibility index (Phi) is 2.76. The molecule has 2 aromatic rings. The van der Waals surface area contributed by atoms with Crippen LogP contribution in [0.2, 0.25) is 0 Å². The molecule has 0 amide bonds. The Morgan fingerprint density at radius 1 is 1.47 bits per heavy atom. The maximum Gasteiger partial charge on any atom is 0.0729 e. The van der Waals surface area contributed by atoms with Gasteiger partial charge in [-0.15, -0.1) is 0 Å². The van der Waals surface area contributed by atoms with Gasteiger partial charge in [0.1, 0.15) is 0 Å². The van der Waals surface area contributed by atoms with Crippen LogP contribution in [0.25, 0.3) is 0 Å². The van der Waals surface area contributed by atoms with Gasteiger partial charge in [-0.3, -0.25) is 4.68 Å². The van der Waals surface area contributed by atoms with Crippen molar-refractivity contribution in [3.05, 3.63) is 36.4 Å². The highest BCUT2D eigenvalue weighted by Gasteiger charge is 1.99. The lowest BCUT2D eigenvalue weighted by molar-refractivity contribution is 0.724. The van der Waals surface area contributed by atoms with E-state index in [1.807, 2.05) is 19.4 Å². The molecule has 80 valence electrons. The van der Waals surface area contributed by atoms with E-state index >= 15 is 0 Å². The molecular weight excluding hydrogens is 188 g/mol. The van der Waals surface area contributed by atoms with E-state index in [2.05, 4.69) is 40.2 Å². The van der Waals surface area contributed by atoms with E-state index < -0.39 is 0 Å². The number of hydrogen-bond acceptors (Lipinski definition) is 2. The summed E-state index contributed by atoms with van der Waals surface area (Å²) in [7, 11) is 1.92. The van der Waals surface area contributed by atoms with Crippen molar-refractivity contribution in [3.8, 4) is 0 Å². The lowest BCUT2D eigenvalue weighted by atomic mass is 10.4. The van der Waals surface area contributed by atoms with E-state index in [1.165, 1.54) is 5.69 Å². The summed E-state index contributed by atoms with van der Waals surface area (Å²) < 4.78 is 4.02. The van der Waals surface area contributed by atoms with E-state index in [1.54, 1.807) is 4.68 Å². The molecule has 0 aliphatic rings. The molecule has 0 saturated carbocycles. The zero-order valence-electron chi connectivity index (χ0n) is 9.14. The molecule has 15 heavy (non-hydrogen) atoms. The third-order valence-electron chi connectivity index (χ3n) is 2.44. The Labute approximate surface area is 89.5 Å². The Bertz CT molecular complexity index is 427. The first-order valence-electron chi connectivity index (χ1n) is 5.16. The lowest BCUT2D eigenvalue weighted by Gasteiger charge is -2.07. The molecule has 0 aliphatic carbocycles. The molecule has 0 atom stereocenters. The Balaban J connectivity index is 1.98. The van der Waals surface area contributed by atoms with Gasteiger partial charge < -0.3 is 9.88 Å². The quantitative estimate of drug-likeness (QED) is 0.825. The average molecular weight is 204 g/mol. The second kappa shape index (κ2) is 4.21. The van der Waals surface area contributed by atoms with Crippen molar-refractivity contribution < 1.29 is 0 Å². The third kappa shape index (κ3) is 2.21. The molecule has 0 fully saturated rings. The molecule has 0 aromatic carbocycles. The Morgan fingerprint density at radius 3 is 3.00 bits per heavy atom. The highest BCUT2D eigenvalue weighted by molar-refractivity contribution is 5.38. The standard InChI is InChI=1S/C11H16N4/c1-3-15-6-4-5-11(15)8-12-10-7-13-14(2)9-10/h4-7,9,12H,3,8H2,1-2H3. The van der Waals surface area contributed by atoms with Crippen LogP contribution in [0.15, 0.2) is 30.7 Å². The van der Waals surface area contributed by atoms with Gasteiger partial charge in [-0.25, -0.2) is 0 Å². The van der Waals surface area contributed by atoms with Gasteiger partial charge in [0.05, 0.1) is 18.4 Å². The Hall–Kier alpha value is -1.71. The SMILES string of the molecule is CCn1cccc1CNc1cnn(C)c1. The molecule has 2 rings (SSSR count). The van der Waals surface area contributed by atoms with Crippen LogP contribution in [0, 0.1) is 0 Å². The second-order valence-corrected chi connectivity index (χ2v) is 3.54. The van der Waals surface area contributed by atoms with Crippen molar-refractivity contribution in [2.75, 3.05) is 5.32 Å². The minimum Gasteiger partial charge on any atom is -0.377 e. The van der Waals surface area contributed by atoms with Crippen molar-refractivity contribution in [2.45, 2.75) is 20.0 Å². The minimum absolute atomic E-state index is 0.840. The number of rotatable bonds is 4. The lowest BCUT2D eigenvalue weighted by Crippen LogP contribution is -2.05. The number of nitrogens with one attached hydrogen (secondary N) is 1. The molecule has 0 bridgehead atoms. The largest absolute Gasteiger partial charge is 0.377 e. The first-order valence-corrected chi connectivity index (χ1v) is 5.16. The van der Waals surface area contributed by atoms with Crippen LogP contribution in [0.3, 0.4) is 0 Å². The number of aryl methyl sites for hydroxylation is 2. The van der Waals surface area contributed by atoms with Gasteiger partial charge in [0.2, 0.25) is 0 Å². The summed E-state index contributed by atoms with van der Waals surface area (Å²) in [4.78, 5) is 0. The monoisotopic (exact) mass is 204 g/mol. The van der Waals surface area contributed by atoms with E-state index in [-0.39, 0.29) is 0 Å². The Morgan fingerprint density at radius 2 is 2.33 bits per heavy atom. The van der Waals surface area contributed by atoms with Crippen molar-refractivity contribution in [2.24, 2.45) is 7.05 Å². The van der Waals surface area contributed by atoms with Crippen LogP contribution < -0.4 is 5.32 Å². The number of nitrogens with zero attached hydrogens (tertiary/aromatic N) is 3. The summed E-state index contributed by atoms with van der Waals surface area (Å²) in [5.74, 6) is 0. The molecule has 1 N–H and O–H groups in total. The molecule has 0 radical (unpaired) electrons. The van der Waals surface area contributed by atoms with E-state index in [0.717, 1.165) is 18.8 Å². The molecule has 4 nitrogen and oxygen atoms in total. The van der Waals surface area contributed by atoms with Gasteiger partial charge in [-0.05, 0) is 19.1 Å². The summed E-state index contributed by atoms with van der Waals surface area (Å²) in [6, 6.07) is 4.20. The molecular formula is C11H16N4. The normalized spacial score (nSPS) is 10.5. The van der Waals surface area contributed by atoms with Crippen molar-refractivity contribution in [1.29, 1.82) is 0 Å². The zero-order valence-corrected chi connectivity index (χ0v) is 9.14. The topological polar surface area (TPSA) is 34.8 Å². The van der Waals surface area contributed by atoms with E-state index in [9.17, 15) is 0 Å². The molecule has 0 saturated heterocycles. The first-order chi connectivity index (χ1) is 7.29. The smallest absolute Gasteiger partial charge is 0.0729 e. The van der Waals surface area contributed by atoms with Gasteiger partial charge in [-0.1, -0.05) is 0 Å². The fourth-order valence-corrected chi connectivity index (χ4v) is 1.62. The number of anilines is 1. The molecule has 0 spiro atoms. The first kappa shape index (κ1) is 9.83. The summed E-state index contributed by atoms with van der Waals surface area (Å²) >= 11 is 0. The maximum atomic E-state index is 4.11. The predicted molar refractivity (Wildman–Crippen MR) is 60.6 cm³/mol. The second-order valence-electron chi connectivity index (χ2n) is 3.54. The predicted octanol–water partition coefficient (Wildman–Crippen LogP) is 1.85. The van der Waals surface area contributed by atoms with E-state index in [0.29, 0.717) is 0 Å². The van der Waals surface area contributed by atoms with Crippen molar-refractivity contribution >= 4 is 5.69 Å². The summed E-state index contributed by atoms with van der Waals surface area (Å²) in [6.45, 7) is 4.00. The highest BCUT2D eigenvalue weighted by atomic mass is 15.3. The minimum atomic E-state index is 0.840. The van der Waals surface area contributed by atoms with Gasteiger partial charge in [-0.2, -0.15) is 5.10 Å². The fourth-order valence-electron chi connectivity index (χ4n) is 1.62. The molecule has 2 heterocycles. The fraction of sp³-hybridized carbons (Fsp3) is 0.364. The van der Waals surface area contributed by atoms with Gasteiger partial charge >= 0.3 is 0 Å². The molecule has 2 aromatic heterocycles. The summed E-state index contributed by atoms with van der Waals surface area (Å²) in [5.41, 5.74) is 2.35. The highest BCUT2D eigenvalue weighted by Crippen LogP contribution is 2.08. The third-order valence-corrected chi connectivity index (χ3v) is 2.44. The zero-order chi connectivity index (χ0) is 10.7. The van der Waals surface area contributed by atoms with Crippen LogP contribution in [-0.2, 0) is 20.1 Å². The van der Waals surface area contributed by atoms with Gasteiger partial charge in [0, 0.05) is 31.7 Å². The molecule has 0 aliphatic heterocycles. The van der Waals surface area contributed by atoms with Crippen molar-refractivity contribution in [3.63, 3.8) is 0 Å². The van der Waals surface area contributed by atoms with E-state index in [4.69, 9.17) is 0 Å².